The molecule has 7 nitrogen and oxygen atoms in total. The van der Waals surface area contributed by atoms with Gasteiger partial charge in [0.05, 0.1) is 7.11 Å². The number of nitrogens with zero attached hydrogens (tertiary/aromatic N) is 2. The Hall–Kier alpha value is -3.61. The minimum absolute atomic E-state index is 0.227. The van der Waals surface area contributed by atoms with Crippen LogP contribution in [0.25, 0.3) is 0 Å². The van der Waals surface area contributed by atoms with E-state index in [4.69, 9.17) is 9.47 Å². The number of carbonyl (C=O) groups excluding carboxylic acids is 1. The Labute approximate surface area is 163 Å². The lowest BCUT2D eigenvalue weighted by atomic mass is 10.2. The fraction of sp³-hybridized carbons (Fsp3) is 0.190. The SMILES string of the molecule is COc1ccc(OCCNc2ccnc(C(=O)NCc3ccncc3)c2)cc1. The first kappa shape index (κ1) is 19.2. The maximum atomic E-state index is 12.3. The number of nitrogens with one attached hydrogen (secondary N) is 2. The van der Waals surface area contributed by atoms with Gasteiger partial charge in [-0.2, -0.15) is 0 Å². The average Bonchev–Trinajstić information content (AvgIpc) is 2.76. The van der Waals surface area contributed by atoms with Crippen molar-refractivity contribution in [1.29, 1.82) is 0 Å². The Morgan fingerprint density at radius 1 is 1.00 bits per heavy atom. The second-order valence-electron chi connectivity index (χ2n) is 5.92. The number of hydrogen-bond acceptors (Lipinski definition) is 6. The summed E-state index contributed by atoms with van der Waals surface area (Å²) in [7, 11) is 1.63. The lowest BCUT2D eigenvalue weighted by Crippen LogP contribution is -2.24. The van der Waals surface area contributed by atoms with Crippen molar-refractivity contribution in [3.8, 4) is 11.5 Å². The fourth-order valence-corrected chi connectivity index (χ4v) is 2.47. The van der Waals surface area contributed by atoms with E-state index in [0.29, 0.717) is 25.4 Å². The van der Waals surface area contributed by atoms with Crippen molar-refractivity contribution in [3.63, 3.8) is 0 Å². The molecule has 0 saturated carbocycles. The van der Waals surface area contributed by atoms with Gasteiger partial charge in [0, 0.05) is 37.4 Å². The highest BCUT2D eigenvalue weighted by atomic mass is 16.5. The zero-order valence-electron chi connectivity index (χ0n) is 15.6. The molecule has 7 heteroatoms. The van der Waals surface area contributed by atoms with Crippen LogP contribution in [-0.4, -0.2) is 36.1 Å². The summed E-state index contributed by atoms with van der Waals surface area (Å²) in [6.45, 7) is 1.50. The molecule has 0 fully saturated rings. The monoisotopic (exact) mass is 378 g/mol. The molecule has 0 unspecified atom stereocenters. The molecule has 2 N–H and O–H groups in total. The summed E-state index contributed by atoms with van der Waals surface area (Å²) in [6, 6.07) is 14.7. The second-order valence-corrected chi connectivity index (χ2v) is 5.92. The molecule has 3 aromatic rings. The van der Waals surface area contributed by atoms with Gasteiger partial charge in [0.15, 0.2) is 0 Å². The number of pyridine rings is 2. The van der Waals surface area contributed by atoms with Gasteiger partial charge in [-0.1, -0.05) is 0 Å². The summed E-state index contributed by atoms with van der Waals surface area (Å²) in [5.41, 5.74) is 2.14. The Morgan fingerprint density at radius 3 is 2.50 bits per heavy atom. The highest BCUT2D eigenvalue weighted by molar-refractivity contribution is 5.93. The van der Waals surface area contributed by atoms with Crippen molar-refractivity contribution in [2.45, 2.75) is 6.54 Å². The van der Waals surface area contributed by atoms with Gasteiger partial charge in [-0.3, -0.25) is 14.8 Å². The van der Waals surface area contributed by atoms with E-state index in [0.717, 1.165) is 22.7 Å². The number of rotatable bonds is 9. The van der Waals surface area contributed by atoms with Gasteiger partial charge in [-0.05, 0) is 54.1 Å². The van der Waals surface area contributed by atoms with Crippen LogP contribution in [0.1, 0.15) is 16.1 Å². The van der Waals surface area contributed by atoms with Crippen molar-refractivity contribution in [2.75, 3.05) is 25.6 Å². The quantitative estimate of drug-likeness (QED) is 0.557. The zero-order chi connectivity index (χ0) is 19.6. The van der Waals surface area contributed by atoms with E-state index in [2.05, 4.69) is 20.6 Å². The second kappa shape index (κ2) is 9.91. The van der Waals surface area contributed by atoms with E-state index in [1.54, 1.807) is 31.8 Å². The average molecular weight is 378 g/mol. The van der Waals surface area contributed by atoms with Crippen LogP contribution in [0.15, 0.2) is 67.1 Å². The molecule has 0 aliphatic heterocycles. The van der Waals surface area contributed by atoms with Crippen LogP contribution in [0.3, 0.4) is 0 Å². The largest absolute Gasteiger partial charge is 0.497 e. The number of carbonyl (C=O) groups is 1. The third kappa shape index (κ3) is 5.70. The highest BCUT2D eigenvalue weighted by Gasteiger charge is 2.07. The van der Waals surface area contributed by atoms with Gasteiger partial charge in [0.2, 0.25) is 0 Å². The van der Waals surface area contributed by atoms with Crippen LogP contribution in [0, 0.1) is 0 Å². The topological polar surface area (TPSA) is 85.4 Å². The first-order chi connectivity index (χ1) is 13.7. The van der Waals surface area contributed by atoms with Gasteiger partial charge < -0.3 is 20.1 Å². The van der Waals surface area contributed by atoms with Crippen molar-refractivity contribution >= 4 is 11.6 Å². The predicted octanol–water partition coefficient (Wildman–Crippen LogP) is 2.91. The van der Waals surface area contributed by atoms with Crippen LogP contribution in [0.4, 0.5) is 5.69 Å². The Bertz CT molecular complexity index is 886. The van der Waals surface area contributed by atoms with Crippen molar-refractivity contribution < 1.29 is 14.3 Å². The first-order valence-electron chi connectivity index (χ1n) is 8.88. The Morgan fingerprint density at radius 2 is 1.75 bits per heavy atom. The number of hydrogen-bond donors (Lipinski definition) is 2. The zero-order valence-corrected chi connectivity index (χ0v) is 15.6. The third-order valence-electron chi connectivity index (χ3n) is 3.95. The molecular formula is C21H22N4O3. The number of anilines is 1. The summed E-state index contributed by atoms with van der Waals surface area (Å²) in [5, 5.41) is 6.08. The van der Waals surface area contributed by atoms with E-state index >= 15 is 0 Å². The lowest BCUT2D eigenvalue weighted by Gasteiger charge is -2.10. The maximum absolute atomic E-state index is 12.3. The van der Waals surface area contributed by atoms with Crippen LogP contribution in [-0.2, 0) is 6.54 Å². The minimum atomic E-state index is -0.227. The summed E-state index contributed by atoms with van der Waals surface area (Å²) in [4.78, 5) is 20.4. The van der Waals surface area contributed by atoms with Crippen LogP contribution < -0.4 is 20.1 Å². The fourth-order valence-electron chi connectivity index (χ4n) is 2.47. The van der Waals surface area contributed by atoms with E-state index in [9.17, 15) is 4.79 Å². The number of ether oxygens (including phenoxy) is 2. The molecule has 2 aromatic heterocycles. The number of amides is 1. The molecule has 0 aliphatic rings. The van der Waals surface area contributed by atoms with Crippen molar-refractivity contribution in [2.24, 2.45) is 0 Å². The number of benzene rings is 1. The molecule has 3 rings (SSSR count). The Kier molecular flexibility index (Phi) is 6.78. The maximum Gasteiger partial charge on any atom is 0.270 e. The molecule has 0 radical (unpaired) electrons. The number of aromatic nitrogens is 2. The van der Waals surface area contributed by atoms with Crippen molar-refractivity contribution in [3.05, 3.63) is 78.4 Å². The molecule has 1 aromatic carbocycles. The van der Waals surface area contributed by atoms with E-state index in [1.807, 2.05) is 42.5 Å². The first-order valence-corrected chi connectivity index (χ1v) is 8.88. The van der Waals surface area contributed by atoms with Gasteiger partial charge >= 0.3 is 0 Å². The summed E-state index contributed by atoms with van der Waals surface area (Å²) in [5.74, 6) is 1.33. The molecule has 0 atom stereocenters. The highest BCUT2D eigenvalue weighted by Crippen LogP contribution is 2.17. The normalized spacial score (nSPS) is 10.2. The molecule has 0 saturated heterocycles. The van der Waals surface area contributed by atoms with Crippen LogP contribution >= 0.6 is 0 Å². The lowest BCUT2D eigenvalue weighted by molar-refractivity contribution is 0.0946. The number of methoxy groups -OCH3 is 1. The predicted molar refractivity (Wildman–Crippen MR) is 107 cm³/mol. The van der Waals surface area contributed by atoms with Gasteiger partial charge in [0.25, 0.3) is 5.91 Å². The molecule has 2 heterocycles. The van der Waals surface area contributed by atoms with Crippen LogP contribution in [0.5, 0.6) is 11.5 Å². The molecule has 0 bridgehead atoms. The standard InChI is InChI=1S/C21H22N4O3/c1-27-18-2-4-19(5-3-18)28-13-12-23-17-8-11-24-20(14-17)21(26)25-15-16-6-9-22-10-7-16/h2-11,14H,12-13,15H2,1H3,(H,23,24)(H,25,26). The Balaban J connectivity index is 1.45. The van der Waals surface area contributed by atoms with E-state index in [-0.39, 0.29) is 5.91 Å². The molecule has 28 heavy (non-hydrogen) atoms. The van der Waals surface area contributed by atoms with Gasteiger partial charge in [-0.15, -0.1) is 0 Å². The van der Waals surface area contributed by atoms with Crippen LogP contribution in [0.2, 0.25) is 0 Å². The molecular weight excluding hydrogens is 356 g/mol. The molecule has 0 spiro atoms. The molecule has 144 valence electrons. The summed E-state index contributed by atoms with van der Waals surface area (Å²) >= 11 is 0. The van der Waals surface area contributed by atoms with E-state index in [1.165, 1.54) is 0 Å². The molecule has 1 amide bonds. The minimum Gasteiger partial charge on any atom is -0.497 e. The molecule has 0 aliphatic carbocycles. The van der Waals surface area contributed by atoms with Crippen molar-refractivity contribution in [1.82, 2.24) is 15.3 Å². The van der Waals surface area contributed by atoms with Gasteiger partial charge in [-0.25, -0.2) is 0 Å². The third-order valence-corrected chi connectivity index (χ3v) is 3.95. The summed E-state index contributed by atoms with van der Waals surface area (Å²) < 4.78 is 10.8. The summed E-state index contributed by atoms with van der Waals surface area (Å²) in [6.07, 6.45) is 4.99. The smallest absolute Gasteiger partial charge is 0.270 e. The van der Waals surface area contributed by atoms with Gasteiger partial charge in [0.1, 0.15) is 23.8 Å². The van der Waals surface area contributed by atoms with E-state index < -0.39 is 0 Å².